The Morgan fingerprint density at radius 3 is 2.15 bits per heavy atom. The number of rotatable bonds is 2. The Morgan fingerprint density at radius 1 is 0.850 bits per heavy atom. The zero-order valence-electron chi connectivity index (χ0n) is 10.8. The molecule has 20 heavy (non-hydrogen) atoms. The van der Waals surface area contributed by atoms with Crippen LogP contribution in [0.5, 0.6) is 0 Å². The van der Waals surface area contributed by atoms with Gasteiger partial charge >= 0.3 is 21.7 Å². The van der Waals surface area contributed by atoms with Crippen molar-refractivity contribution >= 4 is 6.08 Å². The van der Waals surface area contributed by atoms with Crippen LogP contribution >= 0.6 is 0 Å². The van der Waals surface area contributed by atoms with E-state index in [2.05, 4.69) is 42.5 Å². The van der Waals surface area contributed by atoms with Gasteiger partial charge in [-0.05, 0) is 22.3 Å². The van der Waals surface area contributed by atoms with Crippen LogP contribution in [-0.2, 0) is 28.3 Å². The van der Waals surface area contributed by atoms with Gasteiger partial charge in [0.2, 0.25) is 0 Å². The summed E-state index contributed by atoms with van der Waals surface area (Å²) in [6.07, 6.45) is 4.37. The van der Waals surface area contributed by atoms with Crippen LogP contribution < -0.4 is 24.8 Å². The van der Waals surface area contributed by atoms with Gasteiger partial charge in [0, 0.05) is 5.92 Å². The van der Waals surface area contributed by atoms with E-state index in [0.29, 0.717) is 0 Å². The SMILES string of the molecule is OCc1ccccc1C1C=Cc2ccccc21.[Cl-].[Cl-].[Ti+2]. The average Bonchev–Trinajstić information content (AvgIpc) is 2.82. The van der Waals surface area contributed by atoms with E-state index in [9.17, 15) is 5.11 Å². The Kier molecular flexibility index (Phi) is 8.42. The second-order valence-corrected chi connectivity index (χ2v) is 4.32. The standard InChI is InChI=1S/C16H14O.2ClH.Ti/c17-11-13-6-2-4-8-15(13)16-10-9-12-5-1-3-7-14(12)16;;;/h1-10,16-17H,11H2;2*1H;/q;;;+2/p-2. The molecule has 1 aliphatic rings. The molecule has 0 radical (unpaired) electrons. The van der Waals surface area contributed by atoms with Crippen molar-refractivity contribution in [1.82, 2.24) is 0 Å². The second kappa shape index (κ2) is 8.66. The van der Waals surface area contributed by atoms with Crippen LogP contribution in [0.1, 0.15) is 28.2 Å². The van der Waals surface area contributed by atoms with Gasteiger partial charge in [0.1, 0.15) is 0 Å². The van der Waals surface area contributed by atoms with Gasteiger partial charge in [0.15, 0.2) is 0 Å². The Hall–Kier alpha value is -0.566. The monoisotopic (exact) mass is 340 g/mol. The van der Waals surface area contributed by atoms with Gasteiger partial charge < -0.3 is 29.9 Å². The number of aliphatic hydroxyl groups is 1. The zero-order valence-corrected chi connectivity index (χ0v) is 13.8. The third-order valence-electron chi connectivity index (χ3n) is 3.36. The van der Waals surface area contributed by atoms with Crippen molar-refractivity contribution < 1.29 is 51.6 Å². The van der Waals surface area contributed by atoms with Crippen LogP contribution in [0.2, 0.25) is 0 Å². The number of aliphatic hydroxyl groups excluding tert-OH is 1. The molecule has 0 heterocycles. The van der Waals surface area contributed by atoms with Crippen molar-refractivity contribution in [3.63, 3.8) is 0 Å². The van der Waals surface area contributed by atoms with Crippen molar-refractivity contribution in [3.8, 4) is 0 Å². The number of halogens is 2. The van der Waals surface area contributed by atoms with Crippen molar-refractivity contribution in [3.05, 3.63) is 76.9 Å². The van der Waals surface area contributed by atoms with Gasteiger partial charge in [-0.15, -0.1) is 0 Å². The molecule has 0 aromatic heterocycles. The topological polar surface area (TPSA) is 20.2 Å². The summed E-state index contributed by atoms with van der Waals surface area (Å²) in [6.45, 7) is 0.0999. The van der Waals surface area contributed by atoms with Crippen molar-refractivity contribution in [2.45, 2.75) is 12.5 Å². The quantitative estimate of drug-likeness (QED) is 0.592. The summed E-state index contributed by atoms with van der Waals surface area (Å²) in [5, 5.41) is 9.40. The molecule has 1 aliphatic carbocycles. The fourth-order valence-corrected chi connectivity index (χ4v) is 2.50. The van der Waals surface area contributed by atoms with Crippen LogP contribution in [0.3, 0.4) is 0 Å². The first-order valence-corrected chi connectivity index (χ1v) is 5.86. The van der Waals surface area contributed by atoms with Crippen LogP contribution in [0.25, 0.3) is 6.08 Å². The van der Waals surface area contributed by atoms with Gasteiger partial charge in [0.25, 0.3) is 0 Å². The van der Waals surface area contributed by atoms with Gasteiger partial charge in [-0.1, -0.05) is 60.7 Å². The molecule has 1 nitrogen and oxygen atoms in total. The van der Waals surface area contributed by atoms with E-state index in [4.69, 9.17) is 0 Å². The molecule has 2 aromatic rings. The Balaban J connectivity index is 0.00000120. The smallest absolute Gasteiger partial charge is 1.00 e. The van der Waals surface area contributed by atoms with Gasteiger partial charge in [-0.25, -0.2) is 0 Å². The predicted octanol–water partition coefficient (Wildman–Crippen LogP) is -2.66. The van der Waals surface area contributed by atoms with Gasteiger partial charge in [0.05, 0.1) is 6.61 Å². The number of hydrogen-bond acceptors (Lipinski definition) is 1. The molecule has 1 unspecified atom stereocenters. The molecule has 0 amide bonds. The summed E-state index contributed by atoms with van der Waals surface area (Å²) >= 11 is 0. The maximum atomic E-state index is 9.40. The minimum atomic E-state index is 0. The first-order chi connectivity index (χ1) is 8.40. The van der Waals surface area contributed by atoms with Crippen LogP contribution in [0.15, 0.2) is 54.6 Å². The van der Waals surface area contributed by atoms with Gasteiger partial charge in [-0.3, -0.25) is 0 Å². The molecule has 0 saturated carbocycles. The first-order valence-electron chi connectivity index (χ1n) is 5.86. The summed E-state index contributed by atoms with van der Waals surface area (Å²) in [4.78, 5) is 0. The van der Waals surface area contributed by atoms with Crippen molar-refractivity contribution in [1.29, 1.82) is 0 Å². The Bertz CT molecular complexity index is 584. The molecule has 1 N–H and O–H groups in total. The van der Waals surface area contributed by atoms with Crippen LogP contribution in [0, 0.1) is 0 Å². The first kappa shape index (κ1) is 19.4. The summed E-state index contributed by atoms with van der Waals surface area (Å²) in [7, 11) is 0. The molecule has 0 aliphatic heterocycles. The summed E-state index contributed by atoms with van der Waals surface area (Å²) < 4.78 is 0. The number of fused-ring (bicyclic) bond motifs is 1. The molecule has 102 valence electrons. The predicted molar refractivity (Wildman–Crippen MR) is 69.7 cm³/mol. The number of benzene rings is 2. The minimum absolute atomic E-state index is 0. The Morgan fingerprint density at radius 2 is 1.45 bits per heavy atom. The number of allylic oxidation sites excluding steroid dienone is 1. The van der Waals surface area contributed by atoms with E-state index >= 15 is 0 Å². The third-order valence-corrected chi connectivity index (χ3v) is 3.36. The molecule has 4 heteroatoms. The second-order valence-electron chi connectivity index (χ2n) is 4.32. The molecule has 0 bridgehead atoms. The minimum Gasteiger partial charge on any atom is -1.00 e. The molecular formula is C16H14Cl2OTi. The van der Waals surface area contributed by atoms with Gasteiger partial charge in [-0.2, -0.15) is 0 Å². The molecule has 0 spiro atoms. The summed E-state index contributed by atoms with van der Waals surface area (Å²) in [6, 6.07) is 16.5. The third kappa shape index (κ3) is 3.55. The summed E-state index contributed by atoms with van der Waals surface area (Å²) in [5.74, 6) is 0.287. The molecular weight excluding hydrogens is 327 g/mol. The van der Waals surface area contributed by atoms with E-state index < -0.39 is 0 Å². The van der Waals surface area contributed by atoms with Crippen molar-refractivity contribution in [2.75, 3.05) is 0 Å². The van der Waals surface area contributed by atoms with E-state index in [0.717, 1.165) is 5.56 Å². The van der Waals surface area contributed by atoms with E-state index in [-0.39, 0.29) is 59.1 Å². The molecule has 2 aromatic carbocycles. The fourth-order valence-electron chi connectivity index (χ4n) is 2.50. The van der Waals surface area contributed by atoms with E-state index in [1.165, 1.54) is 16.7 Å². The molecule has 0 fully saturated rings. The maximum absolute atomic E-state index is 9.40. The molecule has 3 rings (SSSR count). The van der Waals surface area contributed by atoms with Crippen LogP contribution in [-0.4, -0.2) is 5.11 Å². The molecule has 0 saturated heterocycles. The number of hydrogen-bond donors (Lipinski definition) is 1. The maximum Gasteiger partial charge on any atom is 2.00 e. The van der Waals surface area contributed by atoms with E-state index in [1.54, 1.807) is 0 Å². The average molecular weight is 341 g/mol. The zero-order chi connectivity index (χ0) is 11.7. The van der Waals surface area contributed by atoms with Crippen LogP contribution in [0.4, 0.5) is 0 Å². The van der Waals surface area contributed by atoms with E-state index in [1.807, 2.05) is 18.2 Å². The summed E-state index contributed by atoms with van der Waals surface area (Å²) in [5.41, 5.74) is 4.83. The largest absolute Gasteiger partial charge is 2.00 e. The Labute approximate surface area is 146 Å². The molecule has 1 atom stereocenters. The normalized spacial score (nSPS) is 14.6. The van der Waals surface area contributed by atoms with Crippen molar-refractivity contribution in [2.24, 2.45) is 0 Å². The fraction of sp³-hybridized carbons (Fsp3) is 0.125.